The van der Waals surface area contributed by atoms with Crippen LogP contribution in [0.4, 0.5) is 0 Å². The van der Waals surface area contributed by atoms with E-state index in [-0.39, 0.29) is 16.9 Å². The lowest BCUT2D eigenvalue weighted by molar-refractivity contribution is 0.0690. The Hall–Kier alpha value is -1.55. The summed E-state index contributed by atoms with van der Waals surface area (Å²) >= 11 is 0. The highest BCUT2D eigenvalue weighted by Crippen LogP contribution is 2.22. The number of aliphatic hydroxyl groups is 1. The second-order valence-corrected chi connectivity index (χ2v) is 2.75. The van der Waals surface area contributed by atoms with Crippen LogP contribution in [0.3, 0.4) is 0 Å². The first kappa shape index (κ1) is 9.54. The highest BCUT2D eigenvalue weighted by atomic mass is 16.4. The van der Waals surface area contributed by atoms with Gasteiger partial charge >= 0.3 is 5.97 Å². The molecular weight excluding hydrogens is 172 g/mol. The lowest BCUT2D eigenvalue weighted by Crippen LogP contribution is -2.04. The molecular formula is C9H10O4. The molecule has 1 aromatic carbocycles. The maximum absolute atomic E-state index is 10.6. The minimum atomic E-state index is -1.11. The fourth-order valence-electron chi connectivity index (χ4n) is 1.09. The van der Waals surface area contributed by atoms with E-state index in [0.29, 0.717) is 0 Å². The van der Waals surface area contributed by atoms with Gasteiger partial charge in [-0.15, -0.1) is 0 Å². The van der Waals surface area contributed by atoms with E-state index in [4.69, 9.17) is 10.2 Å². The van der Waals surface area contributed by atoms with E-state index in [1.54, 1.807) is 0 Å². The Labute approximate surface area is 75.1 Å². The summed E-state index contributed by atoms with van der Waals surface area (Å²) < 4.78 is 0. The molecule has 1 aromatic rings. The van der Waals surface area contributed by atoms with Crippen molar-refractivity contribution in [3.05, 3.63) is 29.3 Å². The summed E-state index contributed by atoms with van der Waals surface area (Å²) in [6.45, 7) is 1.45. The zero-order chi connectivity index (χ0) is 10.0. The average Bonchev–Trinajstić information content (AvgIpc) is 2.03. The van der Waals surface area contributed by atoms with Gasteiger partial charge in [-0.1, -0.05) is 0 Å². The van der Waals surface area contributed by atoms with Gasteiger partial charge in [0.2, 0.25) is 0 Å². The minimum Gasteiger partial charge on any atom is -0.508 e. The van der Waals surface area contributed by atoms with Gasteiger partial charge in [-0.3, -0.25) is 0 Å². The number of benzene rings is 1. The number of phenols is 1. The number of aromatic carboxylic acids is 1. The van der Waals surface area contributed by atoms with Crippen molar-refractivity contribution >= 4 is 5.97 Å². The van der Waals surface area contributed by atoms with Gasteiger partial charge in [0.15, 0.2) is 0 Å². The highest BCUT2D eigenvalue weighted by Gasteiger charge is 2.13. The molecule has 0 radical (unpaired) electrons. The predicted octanol–water partition coefficient (Wildman–Crippen LogP) is 1.14. The second-order valence-electron chi connectivity index (χ2n) is 2.75. The first-order valence-corrected chi connectivity index (χ1v) is 3.76. The van der Waals surface area contributed by atoms with E-state index in [1.165, 1.54) is 25.1 Å². The van der Waals surface area contributed by atoms with Crippen LogP contribution < -0.4 is 0 Å². The number of carbonyl (C=O) groups is 1. The predicted molar refractivity (Wildman–Crippen MR) is 45.7 cm³/mol. The fourth-order valence-corrected chi connectivity index (χ4v) is 1.09. The summed E-state index contributed by atoms with van der Waals surface area (Å²) in [5, 5.41) is 27.0. The number of aromatic hydroxyl groups is 1. The summed E-state index contributed by atoms with van der Waals surface area (Å²) in [4.78, 5) is 10.6. The molecule has 0 aromatic heterocycles. The normalized spacial score (nSPS) is 12.5. The zero-order valence-corrected chi connectivity index (χ0v) is 7.06. The SMILES string of the molecule is CC(O)c1cc(O)ccc1C(=O)O. The Kier molecular flexibility index (Phi) is 2.53. The topological polar surface area (TPSA) is 77.8 Å². The lowest BCUT2D eigenvalue weighted by Gasteiger charge is -2.08. The van der Waals surface area contributed by atoms with Crippen molar-refractivity contribution in [1.29, 1.82) is 0 Å². The number of hydrogen-bond donors (Lipinski definition) is 3. The smallest absolute Gasteiger partial charge is 0.336 e. The molecule has 1 rings (SSSR count). The summed E-state index contributed by atoms with van der Waals surface area (Å²) in [6.07, 6.45) is -0.904. The van der Waals surface area contributed by atoms with Crippen LogP contribution in [0, 0.1) is 0 Å². The van der Waals surface area contributed by atoms with Gasteiger partial charge in [-0.25, -0.2) is 4.79 Å². The number of carboxylic acid groups (broad SMARTS) is 1. The van der Waals surface area contributed by atoms with Crippen LogP contribution in [0.5, 0.6) is 5.75 Å². The van der Waals surface area contributed by atoms with Crippen LogP contribution in [0.2, 0.25) is 0 Å². The monoisotopic (exact) mass is 182 g/mol. The van der Waals surface area contributed by atoms with E-state index in [1.807, 2.05) is 0 Å². The van der Waals surface area contributed by atoms with E-state index < -0.39 is 12.1 Å². The standard InChI is InChI=1S/C9H10O4/c1-5(10)8-4-6(11)2-3-7(8)9(12)13/h2-5,10-11H,1H3,(H,12,13). The zero-order valence-electron chi connectivity index (χ0n) is 7.06. The third kappa shape index (κ3) is 1.97. The van der Waals surface area contributed by atoms with Crippen molar-refractivity contribution in [2.24, 2.45) is 0 Å². The Morgan fingerprint density at radius 1 is 1.46 bits per heavy atom. The molecule has 0 saturated heterocycles. The Bertz CT molecular complexity index is 330. The van der Waals surface area contributed by atoms with Gasteiger partial charge in [0.05, 0.1) is 11.7 Å². The molecule has 0 saturated carbocycles. The third-order valence-electron chi connectivity index (χ3n) is 1.72. The second kappa shape index (κ2) is 3.45. The Morgan fingerprint density at radius 2 is 2.08 bits per heavy atom. The highest BCUT2D eigenvalue weighted by molar-refractivity contribution is 5.89. The van der Waals surface area contributed by atoms with Crippen LogP contribution in [0.25, 0.3) is 0 Å². The number of aliphatic hydroxyl groups excluding tert-OH is 1. The van der Waals surface area contributed by atoms with Gasteiger partial charge in [0, 0.05) is 0 Å². The maximum Gasteiger partial charge on any atom is 0.336 e. The van der Waals surface area contributed by atoms with Crippen molar-refractivity contribution in [3.63, 3.8) is 0 Å². The largest absolute Gasteiger partial charge is 0.508 e. The molecule has 0 spiro atoms. The number of carboxylic acids is 1. The van der Waals surface area contributed by atoms with Gasteiger partial charge in [-0.05, 0) is 30.7 Å². The van der Waals surface area contributed by atoms with Crippen LogP contribution in [-0.4, -0.2) is 21.3 Å². The maximum atomic E-state index is 10.6. The summed E-state index contributed by atoms with van der Waals surface area (Å²) in [6, 6.07) is 3.78. The molecule has 0 aliphatic heterocycles. The van der Waals surface area contributed by atoms with Crippen LogP contribution in [-0.2, 0) is 0 Å². The Balaban J connectivity index is 3.26. The molecule has 3 N–H and O–H groups in total. The summed E-state index contributed by atoms with van der Waals surface area (Å²) in [5.41, 5.74) is 0.223. The van der Waals surface area contributed by atoms with Crippen LogP contribution in [0.1, 0.15) is 28.9 Å². The third-order valence-corrected chi connectivity index (χ3v) is 1.72. The van der Waals surface area contributed by atoms with Crippen molar-refractivity contribution in [2.45, 2.75) is 13.0 Å². The van der Waals surface area contributed by atoms with Gasteiger partial charge in [0.25, 0.3) is 0 Å². The summed E-state index contributed by atoms with van der Waals surface area (Å²) in [7, 11) is 0. The first-order valence-electron chi connectivity index (χ1n) is 3.76. The summed E-state index contributed by atoms with van der Waals surface area (Å²) in [5.74, 6) is -1.17. The van der Waals surface area contributed by atoms with E-state index in [2.05, 4.69) is 0 Å². The van der Waals surface area contributed by atoms with E-state index >= 15 is 0 Å². The lowest BCUT2D eigenvalue weighted by atomic mass is 10.0. The van der Waals surface area contributed by atoms with Gasteiger partial charge < -0.3 is 15.3 Å². The minimum absolute atomic E-state index is 0.00722. The van der Waals surface area contributed by atoms with Crippen molar-refractivity contribution in [2.75, 3.05) is 0 Å². The van der Waals surface area contributed by atoms with Crippen LogP contribution >= 0.6 is 0 Å². The number of hydrogen-bond acceptors (Lipinski definition) is 3. The molecule has 13 heavy (non-hydrogen) atoms. The molecule has 1 unspecified atom stereocenters. The molecule has 4 nitrogen and oxygen atoms in total. The molecule has 0 fully saturated rings. The molecule has 1 atom stereocenters. The number of rotatable bonds is 2. The molecule has 0 bridgehead atoms. The molecule has 0 aliphatic carbocycles. The first-order chi connectivity index (χ1) is 6.02. The van der Waals surface area contributed by atoms with E-state index in [0.717, 1.165) is 0 Å². The van der Waals surface area contributed by atoms with Crippen LogP contribution in [0.15, 0.2) is 18.2 Å². The Morgan fingerprint density at radius 3 is 2.54 bits per heavy atom. The van der Waals surface area contributed by atoms with Gasteiger partial charge in [-0.2, -0.15) is 0 Å². The van der Waals surface area contributed by atoms with Gasteiger partial charge in [0.1, 0.15) is 5.75 Å². The van der Waals surface area contributed by atoms with E-state index in [9.17, 15) is 9.90 Å². The molecule has 0 heterocycles. The molecule has 70 valence electrons. The number of phenolic OH excluding ortho intramolecular Hbond substituents is 1. The van der Waals surface area contributed by atoms with Crippen molar-refractivity contribution in [1.82, 2.24) is 0 Å². The molecule has 0 amide bonds. The fraction of sp³-hybridized carbons (Fsp3) is 0.222. The molecule has 0 aliphatic rings. The molecule has 4 heteroatoms. The quantitative estimate of drug-likeness (QED) is 0.641. The van der Waals surface area contributed by atoms with Crippen molar-refractivity contribution in [3.8, 4) is 5.75 Å². The average molecular weight is 182 g/mol. The van der Waals surface area contributed by atoms with Crippen molar-refractivity contribution < 1.29 is 20.1 Å².